The number of halogens is 4. The summed E-state index contributed by atoms with van der Waals surface area (Å²) in [5, 5.41) is 9.35. The van der Waals surface area contributed by atoms with Gasteiger partial charge in [0.1, 0.15) is 5.56 Å². The number of ether oxygens (including phenoxy) is 1. The van der Waals surface area contributed by atoms with Gasteiger partial charge in [-0.15, -0.1) is 12.3 Å². The minimum atomic E-state index is -1.95. The van der Waals surface area contributed by atoms with Crippen LogP contribution in [0.4, 0.5) is 17.6 Å². The maximum Gasteiger partial charge on any atom is 0.344 e. The third kappa shape index (κ3) is 2.53. The Morgan fingerprint density at radius 2 is 1.74 bits per heavy atom. The van der Waals surface area contributed by atoms with E-state index in [-0.39, 0.29) is 0 Å². The van der Waals surface area contributed by atoms with Crippen molar-refractivity contribution in [2.75, 3.05) is 7.11 Å². The zero-order valence-corrected chi connectivity index (χ0v) is 9.64. The van der Waals surface area contributed by atoms with E-state index >= 15 is 0 Å². The van der Waals surface area contributed by atoms with Crippen molar-refractivity contribution < 1.29 is 32.2 Å². The molecule has 0 saturated heterocycles. The van der Waals surface area contributed by atoms with Crippen molar-refractivity contribution in [3.63, 3.8) is 0 Å². The monoisotopic (exact) mass is 276 g/mol. The zero-order valence-electron chi connectivity index (χ0n) is 9.64. The van der Waals surface area contributed by atoms with E-state index in [9.17, 15) is 27.5 Å². The molecule has 1 atom stereocenters. The first-order valence-electron chi connectivity index (χ1n) is 4.92. The molecule has 0 aliphatic heterocycles. The summed E-state index contributed by atoms with van der Waals surface area (Å²) in [5.74, 6) is -7.36. The van der Waals surface area contributed by atoms with Gasteiger partial charge in [0.05, 0.1) is 18.8 Å². The molecule has 0 saturated carbocycles. The Bertz CT molecular complexity index is 534. The lowest BCUT2D eigenvalue weighted by molar-refractivity contribution is 0.0585. The number of carbonyl (C=O) groups is 1. The predicted molar refractivity (Wildman–Crippen MR) is 56.0 cm³/mol. The number of carbonyl (C=O) groups excluding carboxylic acids is 1. The summed E-state index contributed by atoms with van der Waals surface area (Å²) in [7, 11) is 0.790. The van der Waals surface area contributed by atoms with Gasteiger partial charge < -0.3 is 9.84 Å². The fraction of sp³-hybridized carbons (Fsp3) is 0.250. The van der Waals surface area contributed by atoms with E-state index in [0.717, 1.165) is 7.11 Å². The molecule has 0 aliphatic rings. The van der Waals surface area contributed by atoms with Crippen LogP contribution in [0.3, 0.4) is 0 Å². The van der Waals surface area contributed by atoms with Crippen LogP contribution in [0.2, 0.25) is 0 Å². The summed E-state index contributed by atoms with van der Waals surface area (Å²) >= 11 is 0. The van der Waals surface area contributed by atoms with Crippen molar-refractivity contribution >= 4 is 5.97 Å². The molecule has 0 bridgehead atoms. The number of hydrogen-bond acceptors (Lipinski definition) is 3. The van der Waals surface area contributed by atoms with Crippen LogP contribution >= 0.6 is 0 Å². The van der Waals surface area contributed by atoms with E-state index in [0.29, 0.717) is 0 Å². The number of aliphatic hydroxyl groups excluding tert-OH is 1. The Morgan fingerprint density at radius 3 is 2.11 bits per heavy atom. The van der Waals surface area contributed by atoms with Crippen LogP contribution in [0.5, 0.6) is 0 Å². The number of benzene rings is 1. The summed E-state index contributed by atoms with van der Waals surface area (Å²) in [6.07, 6.45) is 2.34. The second-order valence-corrected chi connectivity index (χ2v) is 3.46. The van der Waals surface area contributed by atoms with Gasteiger partial charge in [-0.2, -0.15) is 0 Å². The van der Waals surface area contributed by atoms with Crippen molar-refractivity contribution in [1.29, 1.82) is 0 Å². The van der Waals surface area contributed by atoms with E-state index in [1.165, 1.54) is 0 Å². The molecule has 0 aromatic heterocycles. The molecule has 102 valence electrons. The lowest BCUT2D eigenvalue weighted by Gasteiger charge is -2.13. The van der Waals surface area contributed by atoms with E-state index in [1.54, 1.807) is 0 Å². The molecule has 0 amide bonds. The second kappa shape index (κ2) is 5.71. The summed E-state index contributed by atoms with van der Waals surface area (Å²) in [6.45, 7) is 0. The second-order valence-electron chi connectivity index (χ2n) is 3.46. The number of rotatable bonds is 3. The summed E-state index contributed by atoms with van der Waals surface area (Å²) in [5.41, 5.74) is -2.77. The average Bonchev–Trinajstić information content (AvgIpc) is 2.37. The van der Waals surface area contributed by atoms with E-state index in [1.807, 2.05) is 5.92 Å². The molecular weight excluding hydrogens is 268 g/mol. The molecule has 0 fully saturated rings. The number of esters is 1. The number of methoxy groups -OCH3 is 1. The molecule has 3 nitrogen and oxygen atoms in total. The van der Waals surface area contributed by atoms with Crippen molar-refractivity contribution in [2.45, 2.75) is 12.5 Å². The van der Waals surface area contributed by atoms with Crippen LogP contribution in [-0.2, 0) is 4.74 Å². The van der Waals surface area contributed by atoms with Crippen molar-refractivity contribution in [1.82, 2.24) is 0 Å². The minimum absolute atomic E-state index is 0.551. The standard InChI is InChI=1S/C12H8F4O3/c1-3-4-5(17)6-8(13)10(15)7(12(18)19-2)11(16)9(6)14/h1,5,17H,4H2,2H3. The van der Waals surface area contributed by atoms with Crippen molar-refractivity contribution in [2.24, 2.45) is 0 Å². The lowest BCUT2D eigenvalue weighted by atomic mass is 10.0. The van der Waals surface area contributed by atoms with Gasteiger partial charge in [0.25, 0.3) is 0 Å². The fourth-order valence-corrected chi connectivity index (χ4v) is 1.44. The van der Waals surface area contributed by atoms with E-state index < -0.39 is 52.9 Å². The van der Waals surface area contributed by atoms with Crippen molar-refractivity contribution in [3.8, 4) is 12.3 Å². The highest BCUT2D eigenvalue weighted by Gasteiger charge is 2.32. The van der Waals surface area contributed by atoms with Crippen molar-refractivity contribution in [3.05, 3.63) is 34.4 Å². The van der Waals surface area contributed by atoms with Gasteiger partial charge in [0, 0.05) is 6.42 Å². The van der Waals surface area contributed by atoms with Gasteiger partial charge in [0.15, 0.2) is 23.3 Å². The molecule has 0 heterocycles. The van der Waals surface area contributed by atoms with Crippen LogP contribution in [0.1, 0.15) is 28.4 Å². The molecule has 1 aromatic carbocycles. The van der Waals surface area contributed by atoms with Crippen LogP contribution in [0, 0.1) is 35.6 Å². The van der Waals surface area contributed by atoms with E-state index in [2.05, 4.69) is 4.74 Å². The smallest absolute Gasteiger partial charge is 0.344 e. The van der Waals surface area contributed by atoms with Gasteiger partial charge in [-0.1, -0.05) is 0 Å². The molecule has 1 rings (SSSR count). The highest BCUT2D eigenvalue weighted by molar-refractivity contribution is 5.90. The Kier molecular flexibility index (Phi) is 4.51. The Hall–Kier alpha value is -2.07. The first-order valence-corrected chi connectivity index (χ1v) is 4.92. The van der Waals surface area contributed by atoms with Gasteiger partial charge in [-0.25, -0.2) is 22.4 Å². The van der Waals surface area contributed by atoms with Gasteiger partial charge in [-0.3, -0.25) is 0 Å². The third-order valence-electron chi connectivity index (χ3n) is 2.33. The normalized spacial score (nSPS) is 11.8. The highest BCUT2D eigenvalue weighted by Crippen LogP contribution is 2.30. The summed E-state index contributed by atoms with van der Waals surface area (Å²) < 4.78 is 58.1. The Balaban J connectivity index is 3.57. The predicted octanol–water partition coefficient (Wildman–Crippen LogP) is 2.09. The first-order chi connectivity index (χ1) is 8.86. The Labute approximate surface area is 105 Å². The van der Waals surface area contributed by atoms with Crippen LogP contribution in [0.25, 0.3) is 0 Å². The molecule has 1 aromatic rings. The lowest BCUT2D eigenvalue weighted by Crippen LogP contribution is -2.16. The number of terminal acetylenes is 1. The maximum absolute atomic E-state index is 13.6. The van der Waals surface area contributed by atoms with Gasteiger partial charge >= 0.3 is 5.97 Å². The van der Waals surface area contributed by atoms with E-state index in [4.69, 9.17) is 6.42 Å². The molecule has 1 N–H and O–H groups in total. The van der Waals surface area contributed by atoms with Crippen LogP contribution in [-0.4, -0.2) is 18.2 Å². The van der Waals surface area contributed by atoms with Crippen LogP contribution in [0.15, 0.2) is 0 Å². The average molecular weight is 276 g/mol. The highest BCUT2D eigenvalue weighted by atomic mass is 19.2. The Morgan fingerprint density at radius 1 is 1.26 bits per heavy atom. The number of aliphatic hydroxyl groups is 1. The summed E-state index contributed by atoms with van der Waals surface area (Å²) in [6, 6.07) is 0. The molecular formula is C12H8F4O3. The molecule has 0 spiro atoms. The topological polar surface area (TPSA) is 46.5 Å². The minimum Gasteiger partial charge on any atom is -0.465 e. The molecule has 7 heteroatoms. The third-order valence-corrected chi connectivity index (χ3v) is 2.33. The first kappa shape index (κ1) is 15.0. The molecule has 1 unspecified atom stereocenters. The molecule has 19 heavy (non-hydrogen) atoms. The van der Waals surface area contributed by atoms with Crippen LogP contribution < -0.4 is 0 Å². The molecule has 0 radical (unpaired) electrons. The molecule has 0 aliphatic carbocycles. The summed E-state index contributed by atoms with van der Waals surface area (Å²) in [4.78, 5) is 11.0. The maximum atomic E-state index is 13.6. The zero-order chi connectivity index (χ0) is 14.7. The SMILES string of the molecule is C#CCC(O)c1c(F)c(F)c(C(=O)OC)c(F)c1F. The largest absolute Gasteiger partial charge is 0.465 e. The fourth-order valence-electron chi connectivity index (χ4n) is 1.44. The number of hydrogen-bond donors (Lipinski definition) is 1. The van der Waals surface area contributed by atoms with Gasteiger partial charge in [-0.05, 0) is 0 Å². The van der Waals surface area contributed by atoms with Gasteiger partial charge in [0.2, 0.25) is 0 Å². The quantitative estimate of drug-likeness (QED) is 0.398.